The molecule has 0 bridgehead atoms. The summed E-state index contributed by atoms with van der Waals surface area (Å²) >= 11 is 0. The molecule has 7 nitrogen and oxygen atoms in total. The topological polar surface area (TPSA) is 92.0 Å². The highest BCUT2D eigenvalue weighted by Crippen LogP contribution is 2.65. The first-order valence-corrected chi connectivity index (χ1v) is 14.8. The van der Waals surface area contributed by atoms with Crippen LogP contribution in [0.5, 0.6) is 0 Å². The SMILES string of the molecule is COC(=O)[C@@H]1C[C@H](O[Si](C)(C)C)C(=O)[C@H]2[C@@]1(C)CC[C@H]1C(=O)O[C@H](c3ccoc3)C[C@]21C. The van der Waals surface area contributed by atoms with Crippen LogP contribution in [-0.4, -0.2) is 39.3 Å². The number of hydrogen-bond donors (Lipinski definition) is 0. The summed E-state index contributed by atoms with van der Waals surface area (Å²) in [6, 6.07) is 1.79. The monoisotopic (exact) mass is 462 g/mol. The molecule has 3 fully saturated rings. The van der Waals surface area contributed by atoms with Crippen LogP contribution in [0.2, 0.25) is 19.6 Å². The number of furan rings is 1. The van der Waals surface area contributed by atoms with E-state index in [4.69, 9.17) is 18.3 Å². The molecule has 1 saturated heterocycles. The molecule has 0 N–H and O–H groups in total. The molecule has 3 aliphatic rings. The fourth-order valence-electron chi connectivity index (χ4n) is 6.69. The van der Waals surface area contributed by atoms with Crippen LogP contribution in [0.3, 0.4) is 0 Å². The van der Waals surface area contributed by atoms with Gasteiger partial charge in [-0.25, -0.2) is 0 Å². The summed E-state index contributed by atoms with van der Waals surface area (Å²) in [6.45, 7) is 10.2. The third kappa shape index (κ3) is 3.65. The van der Waals surface area contributed by atoms with E-state index in [0.717, 1.165) is 5.56 Å². The second-order valence-corrected chi connectivity index (χ2v) is 15.6. The van der Waals surface area contributed by atoms with E-state index in [9.17, 15) is 14.4 Å². The van der Waals surface area contributed by atoms with Crippen LogP contribution >= 0.6 is 0 Å². The van der Waals surface area contributed by atoms with Gasteiger partial charge in [-0.3, -0.25) is 14.4 Å². The standard InChI is InChI=1S/C24H34O7Si/c1-23-9-7-15-22(27)30-18(14-8-10-29-13-14)12-24(15,2)20(23)19(25)17(31-32(4,5)6)11-16(23)21(26)28-3/h8,10,13,15-18,20H,7,9,11-12H2,1-6H3/t15-,16-,17-,18-,20-,23-,24-/m0/s1. The Hall–Kier alpha value is -1.93. The third-order valence-corrected chi connectivity index (χ3v) is 8.99. The first-order chi connectivity index (χ1) is 14.9. The molecule has 8 heteroatoms. The fourth-order valence-corrected chi connectivity index (χ4v) is 7.76. The van der Waals surface area contributed by atoms with Crippen molar-refractivity contribution in [2.24, 2.45) is 28.6 Å². The number of ether oxygens (including phenoxy) is 2. The maximum atomic E-state index is 14.0. The van der Waals surface area contributed by atoms with Gasteiger partial charge in [-0.05, 0) is 62.2 Å². The highest BCUT2D eigenvalue weighted by Gasteiger charge is 2.67. The van der Waals surface area contributed by atoms with Gasteiger partial charge in [0.25, 0.3) is 0 Å². The lowest BCUT2D eigenvalue weighted by Crippen LogP contribution is -2.65. The molecule has 32 heavy (non-hydrogen) atoms. The minimum Gasteiger partial charge on any atom is -0.472 e. The molecule has 4 rings (SSSR count). The summed E-state index contributed by atoms with van der Waals surface area (Å²) in [5, 5.41) is 0. The smallest absolute Gasteiger partial charge is 0.310 e. The van der Waals surface area contributed by atoms with Crippen molar-refractivity contribution >= 4 is 26.0 Å². The zero-order valence-electron chi connectivity index (χ0n) is 19.8. The normalized spacial score (nSPS) is 39.6. The van der Waals surface area contributed by atoms with E-state index in [1.165, 1.54) is 7.11 Å². The summed E-state index contributed by atoms with van der Waals surface area (Å²) in [4.78, 5) is 40.1. The Labute approximate surface area is 190 Å². The molecule has 1 aliphatic heterocycles. The molecule has 176 valence electrons. The number of Topliss-reactive ketones (excluding diaryl/α,β-unsaturated/α-hetero) is 1. The first-order valence-electron chi connectivity index (χ1n) is 11.4. The number of methoxy groups -OCH3 is 1. The van der Waals surface area contributed by atoms with Crippen LogP contribution < -0.4 is 0 Å². The Bertz CT molecular complexity index is 904. The quantitative estimate of drug-likeness (QED) is 0.487. The maximum Gasteiger partial charge on any atom is 0.310 e. The predicted molar refractivity (Wildman–Crippen MR) is 118 cm³/mol. The van der Waals surface area contributed by atoms with Crippen LogP contribution in [0.25, 0.3) is 0 Å². The van der Waals surface area contributed by atoms with Crippen LogP contribution in [-0.2, 0) is 28.3 Å². The number of hydrogen-bond acceptors (Lipinski definition) is 7. The molecule has 7 atom stereocenters. The van der Waals surface area contributed by atoms with E-state index < -0.39 is 49.1 Å². The van der Waals surface area contributed by atoms with Crippen molar-refractivity contribution in [2.75, 3.05) is 7.11 Å². The zero-order valence-corrected chi connectivity index (χ0v) is 20.8. The molecule has 2 aliphatic carbocycles. The first kappa shape index (κ1) is 23.2. The van der Waals surface area contributed by atoms with Gasteiger partial charge in [0.2, 0.25) is 0 Å². The van der Waals surface area contributed by atoms with Crippen molar-refractivity contribution in [1.29, 1.82) is 0 Å². The average molecular weight is 463 g/mol. The largest absolute Gasteiger partial charge is 0.472 e. The summed E-state index contributed by atoms with van der Waals surface area (Å²) < 4.78 is 22.5. The Morgan fingerprint density at radius 2 is 1.91 bits per heavy atom. The van der Waals surface area contributed by atoms with Gasteiger partial charge in [0.05, 0.1) is 31.5 Å². The Morgan fingerprint density at radius 1 is 1.19 bits per heavy atom. The summed E-state index contributed by atoms with van der Waals surface area (Å²) in [6.07, 6.45) is 4.01. The highest BCUT2D eigenvalue weighted by atomic mass is 28.4. The molecular weight excluding hydrogens is 428 g/mol. The molecule has 0 radical (unpaired) electrons. The second kappa shape index (κ2) is 7.83. The van der Waals surface area contributed by atoms with Crippen molar-refractivity contribution in [3.63, 3.8) is 0 Å². The van der Waals surface area contributed by atoms with Crippen LogP contribution in [0, 0.1) is 28.6 Å². The summed E-state index contributed by atoms with van der Waals surface area (Å²) in [5.74, 6) is -1.92. The Kier molecular flexibility index (Phi) is 5.69. The van der Waals surface area contributed by atoms with E-state index in [1.54, 1.807) is 18.6 Å². The van der Waals surface area contributed by atoms with Crippen molar-refractivity contribution in [1.82, 2.24) is 0 Å². The van der Waals surface area contributed by atoms with Gasteiger partial charge < -0.3 is 18.3 Å². The molecule has 2 saturated carbocycles. The zero-order chi connectivity index (χ0) is 23.5. The van der Waals surface area contributed by atoms with Gasteiger partial charge in [-0.2, -0.15) is 0 Å². The minimum absolute atomic E-state index is 0.0166. The van der Waals surface area contributed by atoms with E-state index in [-0.39, 0.29) is 17.7 Å². The van der Waals surface area contributed by atoms with E-state index >= 15 is 0 Å². The fraction of sp³-hybridized carbons (Fsp3) is 0.708. The van der Waals surface area contributed by atoms with Gasteiger partial charge in [0, 0.05) is 11.5 Å². The maximum absolute atomic E-state index is 14.0. The van der Waals surface area contributed by atoms with E-state index in [2.05, 4.69) is 0 Å². The average Bonchev–Trinajstić information content (AvgIpc) is 3.22. The number of fused-ring (bicyclic) bond motifs is 3. The number of carbonyl (C=O) groups is 3. The molecule has 1 aromatic heterocycles. The van der Waals surface area contributed by atoms with Gasteiger partial charge in [0.15, 0.2) is 14.1 Å². The van der Waals surface area contributed by atoms with E-state index in [0.29, 0.717) is 25.7 Å². The minimum atomic E-state index is -2.06. The van der Waals surface area contributed by atoms with Gasteiger partial charge >= 0.3 is 11.9 Å². The van der Waals surface area contributed by atoms with E-state index in [1.807, 2.05) is 33.5 Å². The van der Waals surface area contributed by atoms with Crippen LogP contribution in [0.15, 0.2) is 23.0 Å². The number of cyclic esters (lactones) is 1. The Balaban J connectivity index is 1.79. The number of rotatable bonds is 4. The van der Waals surface area contributed by atoms with Crippen LogP contribution in [0.4, 0.5) is 0 Å². The van der Waals surface area contributed by atoms with Gasteiger partial charge in [-0.1, -0.05) is 13.8 Å². The number of ketones is 1. The molecule has 0 unspecified atom stereocenters. The second-order valence-electron chi connectivity index (χ2n) is 11.2. The van der Waals surface area contributed by atoms with Crippen molar-refractivity contribution in [2.45, 2.75) is 71.4 Å². The van der Waals surface area contributed by atoms with Crippen molar-refractivity contribution in [3.8, 4) is 0 Å². The van der Waals surface area contributed by atoms with Crippen molar-refractivity contribution in [3.05, 3.63) is 24.2 Å². The van der Waals surface area contributed by atoms with Gasteiger partial charge in [0.1, 0.15) is 12.2 Å². The molecular formula is C24H34O7Si. The molecule has 1 aromatic rings. The number of esters is 2. The van der Waals surface area contributed by atoms with Crippen molar-refractivity contribution < 1.29 is 32.7 Å². The molecule has 0 amide bonds. The third-order valence-electron chi connectivity index (χ3n) is 8.00. The molecule has 0 aromatic carbocycles. The Morgan fingerprint density at radius 3 is 2.50 bits per heavy atom. The predicted octanol–water partition coefficient (Wildman–Crippen LogP) is 4.29. The summed E-state index contributed by atoms with van der Waals surface area (Å²) in [7, 11) is -0.663. The lowest BCUT2D eigenvalue weighted by molar-refractivity contribution is -0.207. The summed E-state index contributed by atoms with van der Waals surface area (Å²) in [5.41, 5.74) is -0.476. The molecule has 2 heterocycles. The lowest BCUT2D eigenvalue weighted by atomic mass is 9.43. The number of carbonyl (C=O) groups excluding carboxylic acids is 3. The highest BCUT2D eigenvalue weighted by molar-refractivity contribution is 6.69. The van der Waals surface area contributed by atoms with Crippen LogP contribution in [0.1, 0.15) is 51.2 Å². The van der Waals surface area contributed by atoms with Gasteiger partial charge in [-0.15, -0.1) is 0 Å². The lowest BCUT2D eigenvalue weighted by Gasteiger charge is -2.61. The molecule has 0 spiro atoms.